The van der Waals surface area contributed by atoms with Gasteiger partial charge in [0.1, 0.15) is 0 Å². The zero-order valence-corrected chi connectivity index (χ0v) is 7.45. The minimum absolute atomic E-state index is 1.07. The summed E-state index contributed by atoms with van der Waals surface area (Å²) < 4.78 is 0. The molecule has 0 atom stereocenters. The van der Waals surface area contributed by atoms with Crippen molar-refractivity contribution in [2.24, 2.45) is 0 Å². The first-order valence-electron chi connectivity index (χ1n) is 3.28. The Balaban J connectivity index is 3.96. The molecule has 0 aliphatic rings. The number of hydrogen-bond donors (Lipinski definition) is 0. The van der Waals surface area contributed by atoms with Gasteiger partial charge in [-0.3, -0.25) is 0 Å². The van der Waals surface area contributed by atoms with Crippen LogP contribution in [0.4, 0.5) is 0 Å². The van der Waals surface area contributed by atoms with Crippen molar-refractivity contribution < 1.29 is 0 Å². The summed E-state index contributed by atoms with van der Waals surface area (Å²) in [6.45, 7) is 5.67. The highest BCUT2D eigenvalue weighted by molar-refractivity contribution is 7.98. The third-order valence-electron chi connectivity index (χ3n) is 1.02. The molecular weight excluding hydrogens is 140 g/mol. The van der Waals surface area contributed by atoms with E-state index in [4.69, 9.17) is 0 Å². The van der Waals surface area contributed by atoms with E-state index in [2.05, 4.69) is 18.9 Å². The first-order chi connectivity index (χ1) is 4.85. The molecule has 0 amide bonds. The fourth-order valence-electron chi connectivity index (χ4n) is 0.684. The average molecular weight is 154 g/mol. The van der Waals surface area contributed by atoms with Crippen LogP contribution in [0.15, 0.2) is 36.5 Å². The molecule has 0 spiro atoms. The van der Waals surface area contributed by atoms with E-state index in [1.54, 1.807) is 0 Å². The predicted molar refractivity (Wildman–Crippen MR) is 51.5 cm³/mol. The fourth-order valence-corrected chi connectivity index (χ4v) is 1.21. The van der Waals surface area contributed by atoms with E-state index in [9.17, 15) is 0 Å². The lowest BCUT2D eigenvalue weighted by Gasteiger charge is -1.95. The van der Waals surface area contributed by atoms with Crippen LogP contribution in [-0.2, 0) is 0 Å². The standard InChI is InChI=1S/C9H14S/c1-4-6-9(7-5-2)8-10-3/h4-7H,1,8H2,2-3H3/b7-5-,9-6+. The highest BCUT2D eigenvalue weighted by atomic mass is 32.2. The molecule has 0 saturated heterocycles. The zero-order chi connectivity index (χ0) is 7.82. The van der Waals surface area contributed by atoms with Gasteiger partial charge in [-0.05, 0) is 18.8 Å². The van der Waals surface area contributed by atoms with Crippen molar-refractivity contribution in [1.29, 1.82) is 0 Å². The van der Waals surface area contributed by atoms with Gasteiger partial charge in [-0.25, -0.2) is 0 Å². The summed E-state index contributed by atoms with van der Waals surface area (Å²) in [5.41, 5.74) is 1.32. The summed E-state index contributed by atoms with van der Waals surface area (Å²) in [6, 6.07) is 0. The maximum absolute atomic E-state index is 3.65. The number of allylic oxidation sites excluding steroid dienone is 4. The van der Waals surface area contributed by atoms with Gasteiger partial charge in [0, 0.05) is 5.75 Å². The van der Waals surface area contributed by atoms with Crippen LogP contribution < -0.4 is 0 Å². The molecule has 0 radical (unpaired) electrons. The van der Waals surface area contributed by atoms with Gasteiger partial charge in [0.15, 0.2) is 0 Å². The molecule has 0 rings (SSSR count). The first kappa shape index (κ1) is 9.57. The van der Waals surface area contributed by atoms with Crippen LogP contribution in [0.1, 0.15) is 6.92 Å². The summed E-state index contributed by atoms with van der Waals surface area (Å²) in [5, 5.41) is 0. The van der Waals surface area contributed by atoms with Crippen molar-refractivity contribution >= 4 is 11.8 Å². The molecule has 0 N–H and O–H groups in total. The molecule has 0 aromatic rings. The van der Waals surface area contributed by atoms with E-state index in [0.717, 1.165) is 5.75 Å². The lowest BCUT2D eigenvalue weighted by Crippen LogP contribution is -1.79. The first-order valence-corrected chi connectivity index (χ1v) is 4.67. The third-order valence-corrected chi connectivity index (χ3v) is 1.65. The van der Waals surface area contributed by atoms with Gasteiger partial charge in [-0.15, -0.1) is 0 Å². The molecule has 0 heterocycles. The van der Waals surface area contributed by atoms with Crippen LogP contribution in [-0.4, -0.2) is 12.0 Å². The molecule has 0 nitrogen and oxygen atoms in total. The number of thioether (sulfide) groups is 1. The monoisotopic (exact) mass is 154 g/mol. The summed E-state index contributed by atoms with van der Waals surface area (Å²) >= 11 is 1.82. The zero-order valence-electron chi connectivity index (χ0n) is 6.63. The molecule has 0 aromatic carbocycles. The van der Waals surface area contributed by atoms with Gasteiger partial charge >= 0.3 is 0 Å². The van der Waals surface area contributed by atoms with E-state index in [1.807, 2.05) is 36.9 Å². The van der Waals surface area contributed by atoms with Gasteiger partial charge in [0.05, 0.1) is 0 Å². The normalized spacial score (nSPS) is 12.4. The van der Waals surface area contributed by atoms with Crippen molar-refractivity contribution in [2.75, 3.05) is 12.0 Å². The second-order valence-corrected chi connectivity index (χ2v) is 2.78. The Labute approximate surface area is 67.7 Å². The van der Waals surface area contributed by atoms with Crippen molar-refractivity contribution in [2.45, 2.75) is 6.92 Å². The number of rotatable bonds is 4. The molecule has 1 heteroatoms. The smallest absolute Gasteiger partial charge is 0.0181 e. The maximum Gasteiger partial charge on any atom is 0.0181 e. The van der Waals surface area contributed by atoms with Gasteiger partial charge in [0.2, 0.25) is 0 Å². The van der Waals surface area contributed by atoms with Crippen molar-refractivity contribution in [3.8, 4) is 0 Å². The van der Waals surface area contributed by atoms with Crippen molar-refractivity contribution in [1.82, 2.24) is 0 Å². The molecule has 0 aliphatic carbocycles. The molecular formula is C9H14S. The Morgan fingerprint density at radius 1 is 1.60 bits per heavy atom. The Hall–Kier alpha value is -0.430. The summed E-state index contributed by atoms with van der Waals surface area (Å²) in [5.74, 6) is 1.07. The molecule has 10 heavy (non-hydrogen) atoms. The van der Waals surface area contributed by atoms with Gasteiger partial charge in [-0.1, -0.05) is 30.9 Å². The largest absolute Gasteiger partial charge is 0.161 e. The Morgan fingerprint density at radius 3 is 2.70 bits per heavy atom. The van der Waals surface area contributed by atoms with E-state index in [1.165, 1.54) is 5.57 Å². The molecule has 56 valence electrons. The summed E-state index contributed by atoms with van der Waals surface area (Å²) in [6.07, 6.45) is 10.1. The number of hydrogen-bond acceptors (Lipinski definition) is 1. The molecule has 0 unspecified atom stereocenters. The van der Waals surface area contributed by atoms with E-state index >= 15 is 0 Å². The second kappa shape index (κ2) is 6.69. The Bertz CT molecular complexity index is 143. The summed E-state index contributed by atoms with van der Waals surface area (Å²) in [4.78, 5) is 0. The average Bonchev–Trinajstić information content (AvgIpc) is 1.90. The third kappa shape index (κ3) is 4.45. The molecule has 0 aliphatic heterocycles. The maximum atomic E-state index is 3.65. The molecule has 0 bridgehead atoms. The van der Waals surface area contributed by atoms with E-state index < -0.39 is 0 Å². The predicted octanol–water partition coefficient (Wildman–Crippen LogP) is 3.04. The van der Waals surface area contributed by atoms with Crippen molar-refractivity contribution in [3.63, 3.8) is 0 Å². The highest BCUT2D eigenvalue weighted by Gasteiger charge is 1.86. The van der Waals surface area contributed by atoms with Crippen molar-refractivity contribution in [3.05, 3.63) is 36.5 Å². The minimum Gasteiger partial charge on any atom is -0.161 e. The quantitative estimate of drug-likeness (QED) is 0.561. The SMILES string of the molecule is C=C/C=C(\C=C/C)CSC. The minimum atomic E-state index is 1.07. The van der Waals surface area contributed by atoms with Crippen LogP contribution in [0.3, 0.4) is 0 Å². The van der Waals surface area contributed by atoms with Crippen LogP contribution in [0, 0.1) is 0 Å². The topological polar surface area (TPSA) is 0 Å². The Kier molecular flexibility index (Phi) is 6.40. The van der Waals surface area contributed by atoms with Gasteiger partial charge in [-0.2, -0.15) is 11.8 Å². The molecule has 0 aromatic heterocycles. The van der Waals surface area contributed by atoms with E-state index in [0.29, 0.717) is 0 Å². The summed E-state index contributed by atoms with van der Waals surface area (Å²) in [7, 11) is 0. The van der Waals surface area contributed by atoms with Crippen LogP contribution in [0.2, 0.25) is 0 Å². The lowest BCUT2D eigenvalue weighted by molar-refractivity contribution is 1.52. The fraction of sp³-hybridized carbons (Fsp3) is 0.333. The van der Waals surface area contributed by atoms with Crippen LogP contribution >= 0.6 is 11.8 Å². The molecule has 0 fully saturated rings. The second-order valence-electron chi connectivity index (χ2n) is 1.91. The van der Waals surface area contributed by atoms with E-state index in [-0.39, 0.29) is 0 Å². The lowest BCUT2D eigenvalue weighted by atomic mass is 10.2. The van der Waals surface area contributed by atoms with Crippen LogP contribution in [0.25, 0.3) is 0 Å². The molecule has 0 saturated carbocycles. The van der Waals surface area contributed by atoms with Gasteiger partial charge < -0.3 is 0 Å². The van der Waals surface area contributed by atoms with Gasteiger partial charge in [0.25, 0.3) is 0 Å². The highest BCUT2D eigenvalue weighted by Crippen LogP contribution is 2.05. The Morgan fingerprint density at radius 2 is 2.30 bits per heavy atom. The van der Waals surface area contributed by atoms with Crippen LogP contribution in [0.5, 0.6) is 0 Å².